The van der Waals surface area contributed by atoms with Crippen molar-refractivity contribution in [1.82, 2.24) is 0 Å². The molecule has 0 unspecified atom stereocenters. The second-order valence-corrected chi connectivity index (χ2v) is 4.02. The summed E-state index contributed by atoms with van der Waals surface area (Å²) in [4.78, 5) is 10.5. The lowest BCUT2D eigenvalue weighted by Crippen LogP contribution is -2.02. The van der Waals surface area contributed by atoms with Gasteiger partial charge in [0.1, 0.15) is 0 Å². The van der Waals surface area contributed by atoms with E-state index in [0.29, 0.717) is 0 Å². The molecule has 1 aromatic carbocycles. The first kappa shape index (κ1) is 11.0. The van der Waals surface area contributed by atoms with Crippen molar-refractivity contribution < 1.29 is 14.3 Å². The Hall–Kier alpha value is -0.0700. The van der Waals surface area contributed by atoms with E-state index >= 15 is 0 Å². The third-order valence-electron chi connectivity index (χ3n) is 1.33. The van der Waals surface area contributed by atoms with E-state index in [-0.39, 0.29) is 13.6 Å². The minimum atomic E-state index is -1.37. The molecule has 0 aliphatic rings. The molecule has 0 heterocycles. The lowest BCUT2D eigenvalue weighted by atomic mass is 10.2. The summed E-state index contributed by atoms with van der Waals surface area (Å²) in [5, 5.41) is 8.62. The lowest BCUT2D eigenvalue weighted by Gasteiger charge is -2.03. The van der Waals surface area contributed by atoms with Crippen LogP contribution in [-0.2, 0) is 0 Å². The number of carbonyl (C=O) groups is 1. The van der Waals surface area contributed by atoms with Crippen LogP contribution in [0.2, 0.25) is 10.0 Å². The van der Waals surface area contributed by atoms with Crippen molar-refractivity contribution in [3.63, 3.8) is 0 Å². The van der Waals surface area contributed by atoms with Crippen LogP contribution in [0.15, 0.2) is 6.07 Å². The number of carboxylic acids is 1. The standard InChI is InChI=1S/C7H2Cl2FIO2/c8-3-1-2(7(12)13)5(10)6(11)4(3)9/h1H,(H,12,13). The summed E-state index contributed by atoms with van der Waals surface area (Å²) in [7, 11) is 0. The molecule has 0 aromatic heterocycles. The van der Waals surface area contributed by atoms with Gasteiger partial charge in [0, 0.05) is 0 Å². The zero-order valence-corrected chi connectivity index (χ0v) is 9.61. The van der Waals surface area contributed by atoms with Gasteiger partial charge in [0.25, 0.3) is 0 Å². The largest absolute Gasteiger partial charge is 0.478 e. The van der Waals surface area contributed by atoms with Gasteiger partial charge in [0.05, 0.1) is 19.2 Å². The van der Waals surface area contributed by atoms with Crippen LogP contribution < -0.4 is 0 Å². The van der Waals surface area contributed by atoms with E-state index in [9.17, 15) is 9.18 Å². The molecule has 0 atom stereocenters. The summed E-state index contributed by atoms with van der Waals surface area (Å²) in [5.41, 5.74) is -0.473. The van der Waals surface area contributed by atoms with E-state index in [1.54, 1.807) is 22.6 Å². The van der Waals surface area contributed by atoms with Gasteiger partial charge in [0.15, 0.2) is 5.82 Å². The first-order chi connectivity index (χ1) is 5.95. The maximum absolute atomic E-state index is 13.2. The fraction of sp³-hybridized carbons (Fsp3) is 0. The van der Waals surface area contributed by atoms with Gasteiger partial charge in [0.2, 0.25) is 0 Å². The summed E-state index contributed by atoms with van der Waals surface area (Å²) in [6, 6.07) is 0.990. The highest BCUT2D eigenvalue weighted by Crippen LogP contribution is 2.31. The van der Waals surface area contributed by atoms with Gasteiger partial charge in [-0.25, -0.2) is 9.18 Å². The van der Waals surface area contributed by atoms with Gasteiger partial charge >= 0.3 is 5.97 Å². The minimum Gasteiger partial charge on any atom is -0.478 e. The predicted octanol–water partition coefficient (Wildman–Crippen LogP) is 3.44. The number of hydrogen-bond acceptors (Lipinski definition) is 1. The van der Waals surface area contributed by atoms with Crippen molar-refractivity contribution in [3.8, 4) is 0 Å². The topological polar surface area (TPSA) is 37.3 Å². The van der Waals surface area contributed by atoms with Crippen molar-refractivity contribution in [2.45, 2.75) is 0 Å². The second-order valence-electron chi connectivity index (χ2n) is 2.15. The van der Waals surface area contributed by atoms with Gasteiger partial charge in [-0.15, -0.1) is 0 Å². The smallest absolute Gasteiger partial charge is 0.338 e. The monoisotopic (exact) mass is 334 g/mol. The Morgan fingerprint density at radius 1 is 1.54 bits per heavy atom. The highest BCUT2D eigenvalue weighted by atomic mass is 127. The third kappa shape index (κ3) is 2.05. The normalized spacial score (nSPS) is 10.2. The second kappa shape index (κ2) is 3.98. The first-order valence-electron chi connectivity index (χ1n) is 3.01. The van der Waals surface area contributed by atoms with Crippen LogP contribution in [0.5, 0.6) is 0 Å². The van der Waals surface area contributed by atoms with Crippen molar-refractivity contribution in [3.05, 3.63) is 31.1 Å². The Balaban J connectivity index is 3.50. The Morgan fingerprint density at radius 2 is 2.08 bits per heavy atom. The van der Waals surface area contributed by atoms with Crippen molar-refractivity contribution in [2.75, 3.05) is 0 Å². The quantitative estimate of drug-likeness (QED) is 0.485. The van der Waals surface area contributed by atoms with Crippen LogP contribution in [-0.4, -0.2) is 11.1 Å². The molecule has 1 aromatic rings. The van der Waals surface area contributed by atoms with E-state index in [1.807, 2.05) is 0 Å². The molecular formula is C7H2Cl2FIO2. The SMILES string of the molecule is O=C(O)c1cc(Cl)c(Cl)c(I)c1F. The maximum Gasteiger partial charge on any atom is 0.338 e. The number of carboxylic acid groups (broad SMARTS) is 1. The van der Waals surface area contributed by atoms with E-state index in [4.69, 9.17) is 28.3 Å². The van der Waals surface area contributed by atoms with Gasteiger partial charge in [-0.05, 0) is 28.7 Å². The lowest BCUT2D eigenvalue weighted by molar-refractivity contribution is 0.0691. The zero-order chi connectivity index (χ0) is 10.2. The average Bonchev–Trinajstić information content (AvgIpc) is 2.07. The van der Waals surface area contributed by atoms with Crippen LogP contribution in [0.3, 0.4) is 0 Å². The van der Waals surface area contributed by atoms with Gasteiger partial charge in [-0.2, -0.15) is 0 Å². The molecule has 0 aliphatic heterocycles. The van der Waals surface area contributed by atoms with Crippen molar-refractivity contribution in [2.24, 2.45) is 0 Å². The molecular weight excluding hydrogens is 333 g/mol. The molecule has 0 radical (unpaired) electrons. The number of rotatable bonds is 1. The molecule has 0 fully saturated rings. The minimum absolute atomic E-state index is 0.0177. The summed E-state index contributed by atoms with van der Waals surface area (Å²) in [6.45, 7) is 0. The molecule has 70 valence electrons. The molecule has 0 amide bonds. The fourth-order valence-electron chi connectivity index (χ4n) is 0.728. The van der Waals surface area contributed by atoms with Crippen LogP contribution in [0.25, 0.3) is 0 Å². The maximum atomic E-state index is 13.2. The van der Waals surface area contributed by atoms with Crippen LogP contribution in [0.1, 0.15) is 10.4 Å². The Bertz CT molecular complexity index is 381. The Labute approximate surface area is 96.8 Å². The zero-order valence-electron chi connectivity index (χ0n) is 5.94. The van der Waals surface area contributed by atoms with E-state index in [1.165, 1.54) is 0 Å². The molecule has 0 bridgehead atoms. The molecule has 1 rings (SSSR count). The first-order valence-corrected chi connectivity index (χ1v) is 4.85. The predicted molar refractivity (Wildman–Crippen MR) is 56.1 cm³/mol. The van der Waals surface area contributed by atoms with E-state index in [0.717, 1.165) is 6.07 Å². The highest BCUT2D eigenvalue weighted by Gasteiger charge is 2.18. The summed E-state index contributed by atoms with van der Waals surface area (Å²) in [6.07, 6.45) is 0. The van der Waals surface area contributed by atoms with Crippen molar-refractivity contribution >= 4 is 51.8 Å². The number of benzene rings is 1. The fourth-order valence-corrected chi connectivity index (χ4v) is 1.81. The number of aromatic carboxylic acids is 1. The van der Waals surface area contributed by atoms with Crippen LogP contribution in [0, 0.1) is 9.39 Å². The molecule has 13 heavy (non-hydrogen) atoms. The molecule has 0 aliphatic carbocycles. The molecule has 0 saturated heterocycles. The summed E-state index contributed by atoms with van der Waals surface area (Å²) in [5.74, 6) is -2.23. The Morgan fingerprint density at radius 3 is 2.54 bits per heavy atom. The Kier molecular flexibility index (Phi) is 3.37. The molecule has 0 spiro atoms. The number of hydrogen-bond donors (Lipinski definition) is 1. The van der Waals surface area contributed by atoms with E-state index < -0.39 is 17.3 Å². The van der Waals surface area contributed by atoms with Crippen LogP contribution >= 0.6 is 45.8 Å². The molecule has 0 saturated carbocycles. The van der Waals surface area contributed by atoms with Gasteiger partial charge in [-0.3, -0.25) is 0 Å². The van der Waals surface area contributed by atoms with E-state index in [2.05, 4.69) is 0 Å². The van der Waals surface area contributed by atoms with Gasteiger partial charge < -0.3 is 5.11 Å². The average molecular weight is 335 g/mol. The molecule has 1 N–H and O–H groups in total. The summed E-state index contributed by atoms with van der Waals surface area (Å²) >= 11 is 12.8. The number of halogens is 4. The van der Waals surface area contributed by atoms with Crippen molar-refractivity contribution in [1.29, 1.82) is 0 Å². The highest BCUT2D eigenvalue weighted by molar-refractivity contribution is 14.1. The molecule has 6 heteroatoms. The van der Waals surface area contributed by atoms with Crippen LogP contribution in [0.4, 0.5) is 4.39 Å². The van der Waals surface area contributed by atoms with Gasteiger partial charge in [-0.1, -0.05) is 23.2 Å². The third-order valence-corrected chi connectivity index (χ3v) is 3.45. The molecule has 2 nitrogen and oxygen atoms in total. The summed E-state index contributed by atoms with van der Waals surface area (Å²) < 4.78 is 13.2.